The van der Waals surface area contributed by atoms with Gasteiger partial charge in [0.05, 0.1) is 5.56 Å². The lowest BCUT2D eigenvalue weighted by Crippen LogP contribution is -2.10. The highest BCUT2D eigenvalue weighted by atomic mass is 19.4. The molecule has 0 saturated heterocycles. The number of aromatic amines is 1. The summed E-state index contributed by atoms with van der Waals surface area (Å²) in [6.07, 6.45) is -4.83. The zero-order valence-electron chi connectivity index (χ0n) is 12.3. The maximum Gasteiger partial charge on any atom is 0.417 e. The van der Waals surface area contributed by atoms with E-state index < -0.39 is 28.9 Å². The maximum atomic E-state index is 14.4. The largest absolute Gasteiger partial charge is 0.417 e. The average Bonchev–Trinajstić information content (AvgIpc) is 2.92. The topological polar surface area (TPSA) is 79.6 Å². The summed E-state index contributed by atoms with van der Waals surface area (Å²) in [5.41, 5.74) is 3.12. The number of nitrogens with one attached hydrogen (secondary N) is 2. The van der Waals surface area contributed by atoms with Crippen molar-refractivity contribution in [3.63, 3.8) is 0 Å². The van der Waals surface area contributed by atoms with Crippen LogP contribution in [0.3, 0.4) is 0 Å². The molecule has 0 unspecified atom stereocenters. The van der Waals surface area contributed by atoms with Gasteiger partial charge in [-0.3, -0.25) is 0 Å². The molecule has 0 amide bonds. The van der Waals surface area contributed by atoms with Crippen LogP contribution in [0.5, 0.6) is 0 Å². The standard InChI is InChI=1S/C15H10F5N5/c16-8-3-1-7(2-4-8)12-10(15(18,19)20)5-9(6-11(12)17)22-14-23-13(21)24-25-14/h1-6H,(H4,21,22,23,24,25). The number of nitrogens with two attached hydrogens (primary N) is 1. The molecule has 0 spiro atoms. The van der Waals surface area contributed by atoms with Crippen molar-refractivity contribution in [3.05, 3.63) is 53.6 Å². The minimum atomic E-state index is -4.83. The minimum absolute atomic E-state index is 0.0538. The second kappa shape index (κ2) is 6.04. The van der Waals surface area contributed by atoms with E-state index in [0.29, 0.717) is 6.07 Å². The Kier molecular flexibility index (Phi) is 4.03. The molecule has 0 aliphatic heterocycles. The normalized spacial score (nSPS) is 11.6. The summed E-state index contributed by atoms with van der Waals surface area (Å²) in [4.78, 5) is 3.67. The Morgan fingerprint density at radius 1 is 1.04 bits per heavy atom. The van der Waals surface area contributed by atoms with Crippen molar-refractivity contribution >= 4 is 17.6 Å². The lowest BCUT2D eigenvalue weighted by Gasteiger charge is -2.16. The fourth-order valence-corrected chi connectivity index (χ4v) is 2.27. The molecular weight excluding hydrogens is 345 g/mol. The zero-order chi connectivity index (χ0) is 18.2. The summed E-state index contributed by atoms with van der Waals surface area (Å²) in [7, 11) is 0. The molecule has 1 heterocycles. The minimum Gasteiger partial charge on any atom is -0.368 e. The Morgan fingerprint density at radius 2 is 1.72 bits per heavy atom. The first-order chi connectivity index (χ1) is 11.7. The van der Waals surface area contributed by atoms with Gasteiger partial charge in [-0.15, -0.1) is 5.10 Å². The molecule has 0 radical (unpaired) electrons. The summed E-state index contributed by atoms with van der Waals surface area (Å²) in [6.45, 7) is 0. The van der Waals surface area contributed by atoms with Crippen LogP contribution in [0.25, 0.3) is 11.1 Å². The van der Waals surface area contributed by atoms with Crippen LogP contribution in [0.15, 0.2) is 36.4 Å². The Morgan fingerprint density at radius 3 is 2.28 bits per heavy atom. The number of alkyl halides is 3. The van der Waals surface area contributed by atoms with E-state index in [1.165, 1.54) is 0 Å². The molecule has 3 aromatic rings. The Balaban J connectivity index is 2.10. The van der Waals surface area contributed by atoms with Crippen molar-refractivity contribution in [2.75, 3.05) is 11.1 Å². The van der Waals surface area contributed by atoms with Gasteiger partial charge in [-0.2, -0.15) is 18.2 Å². The third-order valence-corrected chi connectivity index (χ3v) is 3.29. The molecule has 1 aromatic heterocycles. The molecule has 2 aromatic carbocycles. The number of nitrogen functional groups attached to an aromatic ring is 1. The number of H-pyrrole nitrogens is 1. The van der Waals surface area contributed by atoms with Crippen LogP contribution >= 0.6 is 0 Å². The highest BCUT2D eigenvalue weighted by molar-refractivity contribution is 5.73. The smallest absolute Gasteiger partial charge is 0.368 e. The molecule has 5 nitrogen and oxygen atoms in total. The lowest BCUT2D eigenvalue weighted by atomic mass is 9.97. The van der Waals surface area contributed by atoms with Gasteiger partial charge in [0.1, 0.15) is 11.6 Å². The lowest BCUT2D eigenvalue weighted by molar-refractivity contribution is -0.137. The van der Waals surface area contributed by atoms with Gasteiger partial charge in [-0.1, -0.05) is 12.1 Å². The van der Waals surface area contributed by atoms with E-state index in [2.05, 4.69) is 20.5 Å². The van der Waals surface area contributed by atoms with Gasteiger partial charge in [0, 0.05) is 11.3 Å². The van der Waals surface area contributed by atoms with Crippen molar-refractivity contribution in [3.8, 4) is 11.1 Å². The van der Waals surface area contributed by atoms with Crippen molar-refractivity contribution < 1.29 is 22.0 Å². The van der Waals surface area contributed by atoms with Gasteiger partial charge in [0.15, 0.2) is 0 Å². The van der Waals surface area contributed by atoms with Crippen molar-refractivity contribution in [2.45, 2.75) is 6.18 Å². The van der Waals surface area contributed by atoms with Crippen LogP contribution in [-0.2, 0) is 6.18 Å². The number of halogens is 5. The molecular formula is C15H10F5N5. The van der Waals surface area contributed by atoms with Gasteiger partial charge < -0.3 is 11.1 Å². The fourth-order valence-electron chi connectivity index (χ4n) is 2.27. The number of rotatable bonds is 3. The monoisotopic (exact) mass is 355 g/mol. The summed E-state index contributed by atoms with van der Waals surface area (Å²) in [5.74, 6) is -1.94. The maximum absolute atomic E-state index is 14.4. The number of anilines is 3. The summed E-state index contributed by atoms with van der Waals surface area (Å²) in [5, 5.41) is 8.33. The Bertz CT molecular complexity index is 902. The third-order valence-electron chi connectivity index (χ3n) is 3.29. The number of aromatic nitrogens is 3. The molecule has 0 saturated carbocycles. The van der Waals surface area contributed by atoms with Gasteiger partial charge in [0.25, 0.3) is 0 Å². The zero-order valence-corrected chi connectivity index (χ0v) is 12.3. The summed E-state index contributed by atoms with van der Waals surface area (Å²) in [6, 6.07) is 5.64. The average molecular weight is 355 g/mol. The highest BCUT2D eigenvalue weighted by Crippen LogP contribution is 2.40. The number of benzene rings is 2. The van der Waals surface area contributed by atoms with Crippen LogP contribution in [-0.4, -0.2) is 15.2 Å². The molecule has 0 aliphatic rings. The van der Waals surface area contributed by atoms with E-state index in [9.17, 15) is 22.0 Å². The Labute approximate surface area is 137 Å². The van der Waals surface area contributed by atoms with Crippen LogP contribution in [0.4, 0.5) is 39.5 Å². The quantitative estimate of drug-likeness (QED) is 0.618. The van der Waals surface area contributed by atoms with Gasteiger partial charge in [-0.25, -0.2) is 13.9 Å². The predicted octanol–water partition coefficient (Wildman–Crippen LogP) is 4.09. The van der Waals surface area contributed by atoms with Crippen molar-refractivity contribution in [1.82, 2.24) is 15.2 Å². The van der Waals surface area contributed by atoms with Gasteiger partial charge in [0.2, 0.25) is 11.9 Å². The molecule has 4 N–H and O–H groups in total. The van der Waals surface area contributed by atoms with Crippen LogP contribution in [0.1, 0.15) is 5.56 Å². The van der Waals surface area contributed by atoms with Crippen LogP contribution < -0.4 is 11.1 Å². The van der Waals surface area contributed by atoms with E-state index in [4.69, 9.17) is 5.73 Å². The highest BCUT2D eigenvalue weighted by Gasteiger charge is 2.36. The first-order valence-electron chi connectivity index (χ1n) is 6.85. The molecule has 0 aliphatic carbocycles. The first-order valence-corrected chi connectivity index (χ1v) is 6.85. The fraction of sp³-hybridized carbons (Fsp3) is 0.0667. The molecule has 10 heteroatoms. The first kappa shape index (κ1) is 16.7. The molecule has 0 fully saturated rings. The summed E-state index contributed by atoms with van der Waals surface area (Å²) >= 11 is 0. The van der Waals surface area contributed by atoms with Gasteiger partial charge in [-0.05, 0) is 29.8 Å². The van der Waals surface area contributed by atoms with E-state index >= 15 is 0 Å². The van der Waals surface area contributed by atoms with Crippen molar-refractivity contribution in [2.24, 2.45) is 0 Å². The van der Waals surface area contributed by atoms with E-state index in [1.54, 1.807) is 0 Å². The van der Waals surface area contributed by atoms with E-state index in [0.717, 1.165) is 30.3 Å². The van der Waals surface area contributed by atoms with E-state index in [-0.39, 0.29) is 23.1 Å². The second-order valence-corrected chi connectivity index (χ2v) is 5.05. The molecule has 25 heavy (non-hydrogen) atoms. The molecule has 130 valence electrons. The number of hydrogen-bond donors (Lipinski definition) is 3. The van der Waals surface area contributed by atoms with Crippen LogP contribution in [0, 0.1) is 11.6 Å². The SMILES string of the molecule is Nc1nc(Nc2cc(F)c(-c3ccc(F)cc3)c(C(F)(F)F)c2)n[nH]1. The third kappa shape index (κ3) is 3.52. The van der Waals surface area contributed by atoms with Crippen molar-refractivity contribution in [1.29, 1.82) is 0 Å². The molecule has 0 atom stereocenters. The second-order valence-electron chi connectivity index (χ2n) is 5.05. The molecule has 0 bridgehead atoms. The summed E-state index contributed by atoms with van der Waals surface area (Å²) < 4.78 is 67.6. The van der Waals surface area contributed by atoms with Gasteiger partial charge >= 0.3 is 6.18 Å². The van der Waals surface area contributed by atoms with E-state index in [1.807, 2.05) is 0 Å². The Hall–Kier alpha value is -3.17. The number of nitrogens with zero attached hydrogens (tertiary/aromatic N) is 2. The van der Waals surface area contributed by atoms with Crippen LogP contribution in [0.2, 0.25) is 0 Å². The molecule has 3 rings (SSSR count). The number of hydrogen-bond acceptors (Lipinski definition) is 4. The predicted molar refractivity (Wildman–Crippen MR) is 80.9 cm³/mol.